The Morgan fingerprint density at radius 2 is 1.68 bits per heavy atom. The Morgan fingerprint density at radius 1 is 0.919 bits per heavy atom. The number of nitrogens with zero attached hydrogens (tertiary/aromatic N) is 1. The van der Waals surface area contributed by atoms with Gasteiger partial charge in [-0.3, -0.25) is 4.79 Å². The first kappa shape index (κ1) is 25.8. The van der Waals surface area contributed by atoms with Crippen LogP contribution in [-0.2, 0) is 19.5 Å². The number of rotatable bonds is 9. The molecule has 0 saturated carbocycles. The first-order chi connectivity index (χ1) is 17.9. The highest BCUT2D eigenvalue weighted by atomic mass is 16.5. The average Bonchev–Trinajstić information content (AvgIpc) is 2.92. The van der Waals surface area contributed by atoms with E-state index in [4.69, 9.17) is 9.47 Å². The molecule has 0 aliphatic carbocycles. The Morgan fingerprint density at radius 3 is 2.41 bits per heavy atom. The minimum absolute atomic E-state index is 0.187. The van der Waals surface area contributed by atoms with Crippen LogP contribution in [0.1, 0.15) is 27.8 Å². The van der Waals surface area contributed by atoms with Gasteiger partial charge in [0.25, 0.3) is 5.56 Å². The molecular formula is C30H33N3O4. The molecule has 0 atom stereocenters. The fourth-order valence-electron chi connectivity index (χ4n) is 4.33. The summed E-state index contributed by atoms with van der Waals surface area (Å²) >= 11 is 0. The lowest BCUT2D eigenvalue weighted by atomic mass is 10.0. The summed E-state index contributed by atoms with van der Waals surface area (Å²) in [6.07, 6.45) is 0.586. The molecule has 2 N–H and O–H groups in total. The second-order valence-corrected chi connectivity index (χ2v) is 9.10. The largest absolute Gasteiger partial charge is 0.493 e. The van der Waals surface area contributed by atoms with Gasteiger partial charge in [0, 0.05) is 18.7 Å². The molecule has 0 radical (unpaired) electrons. The molecule has 0 aliphatic heterocycles. The standard InChI is InChI=1S/C30H33N3O4/c1-20-10-12-24-17-25(29(34)32-28(24)21(20)2)19-33(30(35)31-18-23-8-6-5-7-9-23)15-14-22-11-13-26(36-3)27(16-22)37-4/h5-13,16-17H,14-15,18-19H2,1-4H3,(H,31,35)(H,32,34). The van der Waals surface area contributed by atoms with E-state index in [1.807, 2.05) is 80.6 Å². The van der Waals surface area contributed by atoms with E-state index in [1.165, 1.54) is 0 Å². The molecule has 37 heavy (non-hydrogen) atoms. The maximum atomic E-state index is 13.3. The van der Waals surface area contributed by atoms with Crippen molar-refractivity contribution in [1.29, 1.82) is 0 Å². The fourth-order valence-corrected chi connectivity index (χ4v) is 4.33. The van der Waals surface area contributed by atoms with Gasteiger partial charge in [0.05, 0.1) is 26.3 Å². The monoisotopic (exact) mass is 499 g/mol. The lowest BCUT2D eigenvalue weighted by Crippen LogP contribution is -2.41. The highest BCUT2D eigenvalue weighted by Crippen LogP contribution is 2.28. The normalized spacial score (nSPS) is 10.8. The highest BCUT2D eigenvalue weighted by molar-refractivity contribution is 5.83. The second kappa shape index (κ2) is 11.6. The number of ether oxygens (including phenoxy) is 2. The number of nitrogens with one attached hydrogen (secondary N) is 2. The van der Waals surface area contributed by atoms with Gasteiger partial charge in [-0.2, -0.15) is 0 Å². The highest BCUT2D eigenvalue weighted by Gasteiger charge is 2.17. The van der Waals surface area contributed by atoms with Gasteiger partial charge in [-0.25, -0.2) is 4.79 Å². The number of carbonyl (C=O) groups excluding carboxylic acids is 1. The molecule has 2 amide bonds. The molecule has 4 rings (SSSR count). The number of hydrogen-bond acceptors (Lipinski definition) is 4. The lowest BCUT2D eigenvalue weighted by molar-refractivity contribution is 0.195. The third-order valence-electron chi connectivity index (χ3n) is 6.68. The topological polar surface area (TPSA) is 83.7 Å². The summed E-state index contributed by atoms with van der Waals surface area (Å²) in [5, 5.41) is 3.95. The molecule has 1 heterocycles. The van der Waals surface area contributed by atoms with Crippen molar-refractivity contribution in [1.82, 2.24) is 15.2 Å². The minimum Gasteiger partial charge on any atom is -0.493 e. The first-order valence-electron chi connectivity index (χ1n) is 12.3. The van der Waals surface area contributed by atoms with E-state index in [9.17, 15) is 9.59 Å². The van der Waals surface area contributed by atoms with Gasteiger partial charge < -0.3 is 24.7 Å². The van der Waals surface area contributed by atoms with E-state index in [0.717, 1.165) is 33.2 Å². The van der Waals surface area contributed by atoms with Gasteiger partial charge >= 0.3 is 6.03 Å². The summed E-state index contributed by atoms with van der Waals surface area (Å²) < 4.78 is 10.8. The van der Waals surface area contributed by atoms with Crippen molar-refractivity contribution in [2.45, 2.75) is 33.4 Å². The van der Waals surface area contributed by atoms with Crippen LogP contribution in [0, 0.1) is 13.8 Å². The molecule has 0 aliphatic rings. The van der Waals surface area contributed by atoms with Crippen LogP contribution >= 0.6 is 0 Å². The molecule has 7 nitrogen and oxygen atoms in total. The zero-order chi connectivity index (χ0) is 26.4. The van der Waals surface area contributed by atoms with Gasteiger partial charge in [-0.05, 0) is 66.1 Å². The number of methoxy groups -OCH3 is 2. The molecule has 3 aromatic carbocycles. The number of carbonyl (C=O) groups is 1. The number of urea groups is 1. The van der Waals surface area contributed by atoms with Crippen LogP contribution in [0.4, 0.5) is 4.79 Å². The predicted molar refractivity (Wildman–Crippen MR) is 146 cm³/mol. The summed E-state index contributed by atoms with van der Waals surface area (Å²) in [6, 6.07) is 21.2. The summed E-state index contributed by atoms with van der Waals surface area (Å²) in [5.74, 6) is 1.29. The average molecular weight is 500 g/mol. The summed E-state index contributed by atoms with van der Waals surface area (Å²) in [5.41, 5.74) is 5.35. The Balaban J connectivity index is 1.58. The smallest absolute Gasteiger partial charge is 0.317 e. The molecule has 192 valence electrons. The Bertz CT molecular complexity index is 1450. The number of aryl methyl sites for hydroxylation is 2. The summed E-state index contributed by atoms with van der Waals surface area (Å²) in [4.78, 5) is 31.0. The second-order valence-electron chi connectivity index (χ2n) is 9.10. The lowest BCUT2D eigenvalue weighted by Gasteiger charge is -2.23. The molecule has 0 fully saturated rings. The zero-order valence-electron chi connectivity index (χ0n) is 21.8. The number of hydrogen-bond donors (Lipinski definition) is 2. The summed E-state index contributed by atoms with van der Waals surface area (Å²) in [6.45, 7) is 5.03. The Kier molecular flexibility index (Phi) is 8.13. The van der Waals surface area contributed by atoms with Crippen LogP contribution in [-0.4, -0.2) is 36.7 Å². The molecular weight excluding hydrogens is 466 g/mol. The minimum atomic E-state index is -0.232. The summed E-state index contributed by atoms with van der Waals surface area (Å²) in [7, 11) is 3.19. The third-order valence-corrected chi connectivity index (χ3v) is 6.68. The predicted octanol–water partition coefficient (Wildman–Crippen LogP) is 5.12. The maximum absolute atomic E-state index is 13.3. The third kappa shape index (κ3) is 6.12. The zero-order valence-corrected chi connectivity index (χ0v) is 21.8. The van der Waals surface area contributed by atoms with Crippen molar-refractivity contribution < 1.29 is 14.3 Å². The van der Waals surface area contributed by atoms with Crippen LogP contribution in [0.15, 0.2) is 71.5 Å². The van der Waals surface area contributed by atoms with E-state index in [1.54, 1.807) is 19.1 Å². The van der Waals surface area contributed by atoms with E-state index in [2.05, 4.69) is 10.3 Å². The van der Waals surface area contributed by atoms with E-state index in [-0.39, 0.29) is 18.1 Å². The van der Waals surface area contributed by atoms with Crippen molar-refractivity contribution in [3.8, 4) is 11.5 Å². The number of amides is 2. The molecule has 0 bridgehead atoms. The SMILES string of the molecule is COc1ccc(CCN(Cc2cc3ccc(C)c(C)c3[nH]c2=O)C(=O)NCc2ccccc2)cc1OC. The molecule has 0 saturated heterocycles. The van der Waals surface area contributed by atoms with Gasteiger partial charge in [0.2, 0.25) is 0 Å². The number of fused-ring (bicyclic) bond motifs is 1. The van der Waals surface area contributed by atoms with Crippen LogP contribution in [0.5, 0.6) is 11.5 Å². The van der Waals surface area contributed by atoms with Crippen molar-refractivity contribution in [2.75, 3.05) is 20.8 Å². The van der Waals surface area contributed by atoms with Crippen LogP contribution < -0.4 is 20.3 Å². The number of aromatic nitrogens is 1. The molecule has 0 unspecified atom stereocenters. The molecule has 0 spiro atoms. The van der Waals surface area contributed by atoms with Crippen LogP contribution in [0.3, 0.4) is 0 Å². The van der Waals surface area contributed by atoms with Crippen molar-refractivity contribution in [2.24, 2.45) is 0 Å². The van der Waals surface area contributed by atoms with Gasteiger partial charge in [-0.15, -0.1) is 0 Å². The van der Waals surface area contributed by atoms with Crippen molar-refractivity contribution >= 4 is 16.9 Å². The maximum Gasteiger partial charge on any atom is 0.317 e. The Hall–Kier alpha value is -4.26. The molecule has 1 aromatic heterocycles. The Labute approximate surface area is 217 Å². The van der Waals surface area contributed by atoms with Gasteiger partial charge in [-0.1, -0.05) is 48.5 Å². The molecule has 4 aromatic rings. The number of pyridine rings is 1. The number of H-pyrrole nitrogens is 1. The van der Waals surface area contributed by atoms with Gasteiger partial charge in [0.15, 0.2) is 11.5 Å². The molecule has 7 heteroatoms. The van der Waals surface area contributed by atoms with E-state index < -0.39 is 0 Å². The van der Waals surface area contributed by atoms with Crippen molar-refractivity contribution in [3.05, 3.63) is 105 Å². The van der Waals surface area contributed by atoms with Gasteiger partial charge in [0.1, 0.15) is 0 Å². The van der Waals surface area contributed by atoms with E-state index in [0.29, 0.717) is 36.6 Å². The first-order valence-corrected chi connectivity index (χ1v) is 12.3. The number of aromatic amines is 1. The number of benzene rings is 3. The van der Waals surface area contributed by atoms with Crippen molar-refractivity contribution in [3.63, 3.8) is 0 Å². The van der Waals surface area contributed by atoms with Crippen LogP contribution in [0.25, 0.3) is 10.9 Å². The van der Waals surface area contributed by atoms with Crippen LogP contribution in [0.2, 0.25) is 0 Å². The fraction of sp³-hybridized carbons (Fsp3) is 0.267. The quantitative estimate of drug-likeness (QED) is 0.335. The van der Waals surface area contributed by atoms with E-state index >= 15 is 0 Å².